The maximum atomic E-state index is 5.19. The van der Waals surface area contributed by atoms with Crippen molar-refractivity contribution >= 4 is 59.3 Å². The lowest BCUT2D eigenvalue weighted by Crippen LogP contribution is -2.31. The van der Waals surface area contributed by atoms with Crippen LogP contribution in [0.5, 0.6) is 0 Å². The first kappa shape index (κ1) is 30.2. The monoisotopic (exact) mass is 696 g/mol. The molecule has 0 N–H and O–H groups in total. The van der Waals surface area contributed by atoms with Gasteiger partial charge in [0.1, 0.15) is 0 Å². The molecule has 0 amide bonds. The summed E-state index contributed by atoms with van der Waals surface area (Å²) in [7, 11) is 0. The normalized spacial score (nSPS) is 17.6. The Kier molecular flexibility index (Phi) is 6.58. The summed E-state index contributed by atoms with van der Waals surface area (Å²) >= 11 is 1.82. The zero-order valence-corrected chi connectivity index (χ0v) is 29.8. The van der Waals surface area contributed by atoms with Gasteiger partial charge in [-0.2, -0.15) is 0 Å². The fourth-order valence-electron chi connectivity index (χ4n) is 8.52. The molecule has 53 heavy (non-hydrogen) atoms. The van der Waals surface area contributed by atoms with E-state index in [9.17, 15) is 0 Å². The zero-order valence-electron chi connectivity index (χ0n) is 28.9. The van der Waals surface area contributed by atoms with E-state index in [1.807, 2.05) is 29.5 Å². The highest BCUT2D eigenvalue weighted by atomic mass is 32.1. The number of fused-ring (bicyclic) bond motifs is 10. The lowest BCUT2D eigenvalue weighted by molar-refractivity contribution is 0.496. The Bertz CT molecular complexity index is 3040. The minimum atomic E-state index is -0.174. The minimum absolute atomic E-state index is 0.174. The first-order chi connectivity index (χ1) is 26.1. The van der Waals surface area contributed by atoms with Crippen LogP contribution < -0.4 is 0 Å². The summed E-state index contributed by atoms with van der Waals surface area (Å²) in [5.74, 6) is 2.24. The van der Waals surface area contributed by atoms with Crippen LogP contribution in [0.25, 0.3) is 87.8 Å². The molecule has 3 heterocycles. The fourth-order valence-corrected chi connectivity index (χ4v) is 9.61. The van der Waals surface area contributed by atoms with Crippen molar-refractivity contribution in [1.82, 2.24) is 19.5 Å². The Morgan fingerprint density at radius 3 is 2.17 bits per heavy atom. The Balaban J connectivity index is 1.12. The van der Waals surface area contributed by atoms with E-state index in [2.05, 4.69) is 163 Å². The second-order valence-corrected chi connectivity index (χ2v) is 15.3. The molecule has 0 radical (unpaired) electrons. The predicted molar refractivity (Wildman–Crippen MR) is 222 cm³/mol. The van der Waals surface area contributed by atoms with E-state index < -0.39 is 0 Å². The van der Waals surface area contributed by atoms with Gasteiger partial charge in [0.2, 0.25) is 0 Å². The van der Waals surface area contributed by atoms with Crippen LogP contribution in [0.2, 0.25) is 0 Å². The van der Waals surface area contributed by atoms with Gasteiger partial charge in [0.25, 0.3) is 0 Å². The largest absolute Gasteiger partial charge is 0.310 e. The third kappa shape index (κ3) is 4.64. The van der Waals surface area contributed by atoms with Crippen LogP contribution in [-0.2, 0) is 5.41 Å². The molecule has 250 valence electrons. The van der Waals surface area contributed by atoms with E-state index in [0.29, 0.717) is 17.5 Å². The first-order valence-electron chi connectivity index (χ1n) is 18.1. The smallest absolute Gasteiger partial charge is 0.164 e. The molecular weight excluding hydrogens is 665 g/mol. The molecule has 0 saturated heterocycles. The van der Waals surface area contributed by atoms with Crippen LogP contribution >= 0.6 is 11.3 Å². The molecule has 0 saturated carbocycles. The number of allylic oxidation sites excluding steroid dienone is 5. The summed E-state index contributed by atoms with van der Waals surface area (Å²) in [6, 6.07) is 47.3. The van der Waals surface area contributed by atoms with Crippen molar-refractivity contribution in [1.29, 1.82) is 0 Å². The van der Waals surface area contributed by atoms with E-state index in [4.69, 9.17) is 15.0 Å². The summed E-state index contributed by atoms with van der Waals surface area (Å²) in [4.78, 5) is 15.4. The molecule has 0 fully saturated rings. The Morgan fingerprint density at radius 1 is 0.585 bits per heavy atom. The molecule has 2 aliphatic carbocycles. The number of benzene rings is 6. The van der Waals surface area contributed by atoms with Gasteiger partial charge in [-0.25, -0.2) is 15.0 Å². The average Bonchev–Trinajstić information content (AvgIpc) is 3.77. The summed E-state index contributed by atoms with van der Waals surface area (Å²) < 4.78 is 4.96. The van der Waals surface area contributed by atoms with Gasteiger partial charge in [0.15, 0.2) is 17.5 Å². The number of hydrogen-bond donors (Lipinski definition) is 0. The highest BCUT2D eigenvalue weighted by Gasteiger charge is 2.40. The highest BCUT2D eigenvalue weighted by molar-refractivity contribution is 7.25. The summed E-state index contributed by atoms with van der Waals surface area (Å²) in [5.41, 5.74) is 7.53. The van der Waals surface area contributed by atoms with Gasteiger partial charge < -0.3 is 4.57 Å². The summed E-state index contributed by atoms with van der Waals surface area (Å²) in [6.45, 7) is 2.38. The van der Waals surface area contributed by atoms with Crippen molar-refractivity contribution in [3.8, 4) is 39.9 Å². The van der Waals surface area contributed by atoms with Gasteiger partial charge in [0, 0.05) is 59.3 Å². The predicted octanol–water partition coefficient (Wildman–Crippen LogP) is 12.4. The minimum Gasteiger partial charge on any atom is -0.310 e. The molecule has 11 rings (SSSR count). The third-order valence-corrected chi connectivity index (χ3v) is 12.3. The molecule has 5 heteroatoms. The van der Waals surface area contributed by atoms with E-state index in [1.54, 1.807) is 0 Å². The lowest BCUT2D eigenvalue weighted by atomic mass is 9.66. The van der Waals surface area contributed by atoms with Crippen LogP contribution in [-0.4, -0.2) is 19.5 Å². The highest BCUT2D eigenvalue weighted by Crippen LogP contribution is 2.50. The molecule has 0 bridgehead atoms. The molecule has 9 aromatic rings. The van der Waals surface area contributed by atoms with Gasteiger partial charge in [-0.15, -0.1) is 11.3 Å². The molecule has 3 aromatic heterocycles. The standard InChI is InChI=1S/C48H32N4S/c1-48-27-10-9-16-34(48)23-25-40-44(48)43-36-18-6-5-12-30(36)21-24-39(43)52(40)35-17-11-15-32(28-35)46-49-45(31-13-3-2-4-14-31)50-47(51-46)33-22-26-42-38(29-33)37-19-7-8-20-41(37)53-42/h2-29,34H,1H3. The number of rotatable bonds is 4. The maximum Gasteiger partial charge on any atom is 0.164 e. The van der Waals surface area contributed by atoms with Gasteiger partial charge in [-0.3, -0.25) is 0 Å². The average molecular weight is 697 g/mol. The van der Waals surface area contributed by atoms with Crippen LogP contribution in [0, 0.1) is 5.92 Å². The van der Waals surface area contributed by atoms with Gasteiger partial charge >= 0.3 is 0 Å². The van der Waals surface area contributed by atoms with Crippen LogP contribution in [0.3, 0.4) is 0 Å². The summed E-state index contributed by atoms with van der Waals surface area (Å²) in [5, 5.41) is 6.31. The van der Waals surface area contributed by atoms with Gasteiger partial charge in [-0.05, 0) is 64.9 Å². The Morgan fingerprint density at radius 2 is 1.30 bits per heavy atom. The first-order valence-corrected chi connectivity index (χ1v) is 18.9. The SMILES string of the molecule is CC12C=CC=CC1C=Cc1c2c2c3ccccc3ccc2n1-c1cccc(-c2nc(-c3ccccc3)nc(-c3ccc4sc5ccccc5c4c3)n2)c1. The van der Waals surface area contributed by atoms with Crippen molar-refractivity contribution in [3.63, 3.8) is 0 Å². The zero-order chi connectivity index (χ0) is 35.1. The number of thiophene rings is 1. The van der Waals surface area contributed by atoms with Gasteiger partial charge in [-0.1, -0.05) is 128 Å². The van der Waals surface area contributed by atoms with Crippen molar-refractivity contribution in [2.75, 3.05) is 0 Å². The van der Waals surface area contributed by atoms with Crippen molar-refractivity contribution in [2.24, 2.45) is 5.92 Å². The molecule has 2 aliphatic rings. The number of hydrogen-bond acceptors (Lipinski definition) is 4. The molecule has 4 nitrogen and oxygen atoms in total. The molecule has 2 atom stereocenters. The number of aromatic nitrogens is 4. The molecular formula is C48H32N4S. The van der Waals surface area contributed by atoms with Gasteiger partial charge in [0.05, 0.1) is 11.2 Å². The van der Waals surface area contributed by atoms with E-state index in [-0.39, 0.29) is 11.3 Å². The topological polar surface area (TPSA) is 43.6 Å². The van der Waals surface area contributed by atoms with Crippen molar-refractivity contribution < 1.29 is 0 Å². The van der Waals surface area contributed by atoms with Crippen LogP contribution in [0.15, 0.2) is 164 Å². The second-order valence-electron chi connectivity index (χ2n) is 14.2. The van der Waals surface area contributed by atoms with Crippen molar-refractivity contribution in [2.45, 2.75) is 12.3 Å². The molecule has 0 aliphatic heterocycles. The number of nitrogens with zero attached hydrogens (tertiary/aromatic N) is 4. The molecule has 6 aromatic carbocycles. The summed E-state index contributed by atoms with van der Waals surface area (Å²) in [6.07, 6.45) is 13.8. The van der Waals surface area contributed by atoms with Crippen LogP contribution in [0.4, 0.5) is 0 Å². The van der Waals surface area contributed by atoms with Crippen LogP contribution in [0.1, 0.15) is 18.2 Å². The van der Waals surface area contributed by atoms with E-state index in [1.165, 1.54) is 53.1 Å². The van der Waals surface area contributed by atoms with E-state index in [0.717, 1.165) is 22.4 Å². The third-order valence-electron chi connectivity index (χ3n) is 11.1. The Hall–Kier alpha value is -6.43. The Labute approximate surface area is 310 Å². The molecule has 0 spiro atoms. The van der Waals surface area contributed by atoms with Crippen molar-refractivity contribution in [3.05, 3.63) is 175 Å². The fraction of sp³-hybridized carbons (Fsp3) is 0.0625. The second kappa shape index (κ2) is 11.5. The van der Waals surface area contributed by atoms with E-state index >= 15 is 0 Å². The molecule has 2 unspecified atom stereocenters. The quantitative estimate of drug-likeness (QED) is 0.184. The maximum absolute atomic E-state index is 5.19. The lowest BCUT2D eigenvalue weighted by Gasteiger charge is -2.37.